The molecule has 0 amide bonds. The van der Waals surface area contributed by atoms with E-state index in [1.165, 1.54) is 11.8 Å². The lowest BCUT2D eigenvalue weighted by molar-refractivity contribution is -0.470. The van der Waals surface area contributed by atoms with E-state index in [9.17, 15) is 8.42 Å². The van der Waals surface area contributed by atoms with Gasteiger partial charge in [0.25, 0.3) is 0 Å². The van der Waals surface area contributed by atoms with Crippen molar-refractivity contribution in [1.82, 2.24) is 0 Å². The number of benzene rings is 1. The Labute approximate surface area is 143 Å². The lowest BCUT2D eigenvalue weighted by Gasteiger charge is -2.12. The third-order valence-electron chi connectivity index (χ3n) is 3.53. The Morgan fingerprint density at radius 2 is 2.14 bits per heavy atom. The summed E-state index contributed by atoms with van der Waals surface area (Å²) in [7, 11) is -1.43. The summed E-state index contributed by atoms with van der Waals surface area (Å²) in [5, 5.41) is 1.10. The van der Waals surface area contributed by atoms with E-state index < -0.39 is 9.84 Å². The molecule has 0 aliphatic carbocycles. The summed E-state index contributed by atoms with van der Waals surface area (Å²) in [6, 6.07) is 5.23. The molecule has 2 unspecified atom stereocenters. The van der Waals surface area contributed by atoms with Gasteiger partial charge < -0.3 is 21.7 Å². The highest BCUT2D eigenvalue weighted by Gasteiger charge is 2.49. The summed E-state index contributed by atoms with van der Waals surface area (Å²) >= 11 is 7.55. The molecular formula is C12H14BrClN2O3S2. The van der Waals surface area contributed by atoms with E-state index in [2.05, 4.69) is 0 Å². The molecular weight excluding hydrogens is 400 g/mol. The number of methoxy groups -OCH3 is 1. The number of nitrogens with zero attached hydrogens (tertiary/aromatic N) is 1. The second kappa shape index (κ2) is 5.98. The number of rotatable bonds is 2. The molecule has 1 aromatic rings. The van der Waals surface area contributed by atoms with Crippen LogP contribution in [0.3, 0.4) is 0 Å². The van der Waals surface area contributed by atoms with Gasteiger partial charge in [-0.2, -0.15) is 0 Å². The molecule has 116 valence electrons. The van der Waals surface area contributed by atoms with E-state index in [1.54, 1.807) is 19.2 Å². The smallest absolute Gasteiger partial charge is 0.310 e. The van der Waals surface area contributed by atoms with Crippen LogP contribution in [0.1, 0.15) is 0 Å². The molecule has 1 saturated heterocycles. The Balaban J connectivity index is 0.00000161. The van der Waals surface area contributed by atoms with Gasteiger partial charge in [-0.1, -0.05) is 11.6 Å². The molecule has 0 radical (unpaired) electrons. The summed E-state index contributed by atoms with van der Waals surface area (Å²) in [4.78, 5) is 0. The van der Waals surface area contributed by atoms with Crippen LogP contribution >= 0.6 is 23.4 Å². The Morgan fingerprint density at radius 3 is 2.76 bits per heavy atom. The molecule has 21 heavy (non-hydrogen) atoms. The highest BCUT2D eigenvalue weighted by atomic mass is 79.9. The number of amidine groups is 1. The molecule has 1 aromatic carbocycles. The molecule has 0 saturated carbocycles. The quantitative estimate of drug-likeness (QED) is 0.581. The molecule has 5 nitrogen and oxygen atoms in total. The number of sulfone groups is 1. The van der Waals surface area contributed by atoms with Crippen molar-refractivity contribution in [3.63, 3.8) is 0 Å². The molecule has 1 fully saturated rings. The van der Waals surface area contributed by atoms with Crippen molar-refractivity contribution in [1.29, 1.82) is 0 Å². The SMILES string of the molecule is COc1ccc([N+]2=C(N)SC3CS(=O)(=O)CC32)cc1Cl.[Br-]. The average Bonchev–Trinajstić information content (AvgIpc) is 2.79. The highest BCUT2D eigenvalue weighted by molar-refractivity contribution is 8.15. The van der Waals surface area contributed by atoms with Crippen molar-refractivity contribution in [3.8, 4) is 5.75 Å². The number of thioether (sulfide) groups is 1. The molecule has 9 heteroatoms. The fourth-order valence-electron chi connectivity index (χ4n) is 2.65. The number of fused-ring (bicyclic) bond motifs is 1. The van der Waals surface area contributed by atoms with Crippen LogP contribution in [-0.2, 0) is 9.84 Å². The van der Waals surface area contributed by atoms with E-state index >= 15 is 0 Å². The van der Waals surface area contributed by atoms with Gasteiger partial charge in [-0.25, -0.2) is 13.0 Å². The molecule has 3 rings (SSSR count). The third kappa shape index (κ3) is 3.04. The number of halogens is 2. The maximum atomic E-state index is 11.8. The molecule has 2 N–H and O–H groups in total. The van der Waals surface area contributed by atoms with E-state index in [-0.39, 0.29) is 39.8 Å². The zero-order valence-electron chi connectivity index (χ0n) is 11.1. The minimum Gasteiger partial charge on any atom is -1.00 e. The second-order valence-electron chi connectivity index (χ2n) is 4.83. The minimum atomic E-state index is -2.98. The van der Waals surface area contributed by atoms with Gasteiger partial charge in [-0.3, -0.25) is 5.73 Å². The Bertz CT molecular complexity index is 708. The predicted octanol–water partition coefficient (Wildman–Crippen LogP) is -1.78. The van der Waals surface area contributed by atoms with Crippen molar-refractivity contribution in [3.05, 3.63) is 23.2 Å². The zero-order valence-corrected chi connectivity index (χ0v) is 15.1. The summed E-state index contributed by atoms with van der Waals surface area (Å²) in [6.07, 6.45) is 0. The van der Waals surface area contributed by atoms with Gasteiger partial charge in [-0.15, -0.1) is 0 Å². The van der Waals surface area contributed by atoms with Gasteiger partial charge in [0.05, 0.1) is 28.9 Å². The standard InChI is InChI=1S/C12H13ClN2O3S2.BrH/c1-18-10-3-2-7(4-8(10)13)15-9-5-20(16,17)6-11(9)19-12(15)14;/h2-4,9,11,14H,5-6H2,1H3;1H. The molecule has 0 spiro atoms. The monoisotopic (exact) mass is 412 g/mol. The second-order valence-corrected chi connectivity index (χ2v) is 8.65. The first-order valence-electron chi connectivity index (χ1n) is 6.03. The van der Waals surface area contributed by atoms with Crippen molar-refractivity contribution < 1.29 is 34.7 Å². The molecule has 2 atom stereocenters. The van der Waals surface area contributed by atoms with Crippen LogP contribution in [-0.4, -0.2) is 48.1 Å². The van der Waals surface area contributed by atoms with Gasteiger partial charge in [-0.05, 0) is 23.9 Å². The maximum Gasteiger partial charge on any atom is 0.310 e. The topological polar surface area (TPSA) is 72.4 Å². The first-order chi connectivity index (χ1) is 9.41. The van der Waals surface area contributed by atoms with E-state index in [0.717, 1.165) is 5.69 Å². The van der Waals surface area contributed by atoms with Crippen LogP contribution in [0.5, 0.6) is 5.75 Å². The van der Waals surface area contributed by atoms with Crippen molar-refractivity contribution in [2.45, 2.75) is 11.3 Å². The Kier molecular flexibility index (Phi) is 4.82. The normalized spacial score (nSPS) is 26.4. The number of nitrogens with two attached hydrogens (primary N) is 1. The lowest BCUT2D eigenvalue weighted by atomic mass is 10.2. The number of ether oxygens (including phenoxy) is 1. The zero-order chi connectivity index (χ0) is 14.5. The van der Waals surface area contributed by atoms with Gasteiger partial charge >= 0.3 is 5.17 Å². The van der Waals surface area contributed by atoms with Crippen LogP contribution in [0, 0.1) is 0 Å². The third-order valence-corrected chi connectivity index (χ3v) is 6.97. The average molecular weight is 414 g/mol. The van der Waals surface area contributed by atoms with Crippen LogP contribution in [0.15, 0.2) is 18.2 Å². The fourth-order valence-corrected chi connectivity index (χ4v) is 6.72. The fraction of sp³-hybridized carbons (Fsp3) is 0.417. The number of hydrogen-bond donors (Lipinski definition) is 1. The predicted molar refractivity (Wildman–Crippen MR) is 80.9 cm³/mol. The number of hydrogen-bond acceptors (Lipinski definition) is 5. The molecule has 2 aliphatic rings. The molecule has 2 heterocycles. The largest absolute Gasteiger partial charge is 1.00 e. The van der Waals surface area contributed by atoms with Gasteiger partial charge in [0, 0.05) is 6.07 Å². The van der Waals surface area contributed by atoms with Crippen LogP contribution in [0.25, 0.3) is 0 Å². The summed E-state index contributed by atoms with van der Waals surface area (Å²) in [5.41, 5.74) is 6.84. The van der Waals surface area contributed by atoms with Crippen molar-refractivity contribution in [2.75, 3.05) is 18.6 Å². The summed E-state index contributed by atoms with van der Waals surface area (Å²) in [6.45, 7) is 0. The van der Waals surface area contributed by atoms with Crippen LogP contribution in [0.2, 0.25) is 5.02 Å². The van der Waals surface area contributed by atoms with Gasteiger partial charge in [0.15, 0.2) is 9.84 Å². The van der Waals surface area contributed by atoms with Crippen molar-refractivity contribution >= 4 is 44.1 Å². The molecule has 0 bridgehead atoms. The van der Waals surface area contributed by atoms with Crippen LogP contribution < -0.4 is 27.5 Å². The van der Waals surface area contributed by atoms with Crippen molar-refractivity contribution in [2.24, 2.45) is 5.73 Å². The molecule has 2 aliphatic heterocycles. The summed E-state index contributed by atoms with van der Waals surface area (Å²) in [5.74, 6) is 0.898. The first kappa shape index (κ1) is 16.9. The minimum absolute atomic E-state index is 0. The van der Waals surface area contributed by atoms with E-state index in [1.807, 2.05) is 10.6 Å². The van der Waals surface area contributed by atoms with Gasteiger partial charge in [0.1, 0.15) is 17.5 Å². The summed E-state index contributed by atoms with van der Waals surface area (Å²) < 4.78 is 30.5. The lowest BCUT2D eigenvalue weighted by Crippen LogP contribution is -3.00. The Morgan fingerprint density at radius 1 is 1.43 bits per heavy atom. The van der Waals surface area contributed by atoms with Crippen LogP contribution in [0.4, 0.5) is 5.69 Å². The molecule has 0 aromatic heterocycles. The van der Waals surface area contributed by atoms with E-state index in [4.69, 9.17) is 22.1 Å². The highest BCUT2D eigenvalue weighted by Crippen LogP contribution is 2.38. The Hall–Kier alpha value is -0.440. The maximum absolute atomic E-state index is 11.8. The first-order valence-corrected chi connectivity index (χ1v) is 9.11. The van der Waals surface area contributed by atoms with E-state index in [0.29, 0.717) is 15.9 Å². The van der Waals surface area contributed by atoms with Gasteiger partial charge in [0.2, 0.25) is 0 Å².